The van der Waals surface area contributed by atoms with Crippen molar-refractivity contribution in [1.29, 1.82) is 0 Å². The van der Waals surface area contributed by atoms with E-state index in [-0.39, 0.29) is 0 Å². The summed E-state index contributed by atoms with van der Waals surface area (Å²) in [6, 6.07) is 0.312. The topological polar surface area (TPSA) is 81.4 Å². The number of hydrogen-bond donors (Lipinski definition) is 0. The zero-order valence-electron chi connectivity index (χ0n) is 17.4. The Morgan fingerprint density at radius 2 is 2.03 bits per heavy atom. The molecule has 2 aromatic heterocycles. The summed E-state index contributed by atoms with van der Waals surface area (Å²) < 4.78 is 10.7. The van der Waals surface area contributed by atoms with Crippen molar-refractivity contribution in [3.63, 3.8) is 0 Å². The van der Waals surface area contributed by atoms with Gasteiger partial charge in [0.05, 0.1) is 28.8 Å². The van der Waals surface area contributed by atoms with Gasteiger partial charge in [0.15, 0.2) is 0 Å². The van der Waals surface area contributed by atoms with Gasteiger partial charge in [-0.3, -0.25) is 9.78 Å². The van der Waals surface area contributed by atoms with Crippen LogP contribution in [0.1, 0.15) is 55.7 Å². The number of carbonyl (C=O) groups is 1. The van der Waals surface area contributed by atoms with E-state index in [1.54, 1.807) is 6.20 Å². The lowest BCUT2D eigenvalue weighted by atomic mass is 9.95. The minimum Gasteiger partial charge on any atom is -0.381 e. The van der Waals surface area contributed by atoms with Crippen LogP contribution in [0.2, 0.25) is 0 Å². The fraction of sp³-hybridized carbons (Fsp3) is 0.636. The number of ether oxygens (including phenoxy) is 1. The third kappa shape index (κ3) is 4.66. The molecule has 0 aromatic carbocycles. The average Bonchev–Trinajstić information content (AvgIpc) is 3.33. The Bertz CT molecular complexity index is 825. The lowest BCUT2D eigenvalue weighted by Crippen LogP contribution is -2.37. The van der Waals surface area contributed by atoms with Crippen LogP contribution in [-0.2, 0) is 16.0 Å². The second-order valence-electron chi connectivity index (χ2n) is 8.28. The van der Waals surface area contributed by atoms with Crippen molar-refractivity contribution in [2.45, 2.75) is 64.8 Å². The first kappa shape index (κ1) is 20.0. The molecule has 2 aliphatic heterocycles. The molecule has 2 aromatic rings. The Morgan fingerprint density at radius 1 is 1.21 bits per heavy atom. The SMILES string of the molecule is Cc1noc(C)c1-c1cncc(CCC2CCCN2C(=O)CC2CCOCC2)n1. The Hall–Kier alpha value is -2.28. The third-order valence-electron chi connectivity index (χ3n) is 6.21. The second-order valence-corrected chi connectivity index (χ2v) is 8.28. The summed E-state index contributed by atoms with van der Waals surface area (Å²) in [4.78, 5) is 24.1. The lowest BCUT2D eigenvalue weighted by Gasteiger charge is -2.28. The maximum Gasteiger partial charge on any atom is 0.223 e. The molecule has 1 amide bonds. The molecule has 1 unspecified atom stereocenters. The Labute approximate surface area is 171 Å². The number of hydrogen-bond acceptors (Lipinski definition) is 6. The van der Waals surface area contributed by atoms with Crippen LogP contribution >= 0.6 is 0 Å². The second kappa shape index (κ2) is 9.03. The number of aromatic nitrogens is 3. The van der Waals surface area contributed by atoms with Gasteiger partial charge in [-0.25, -0.2) is 4.98 Å². The van der Waals surface area contributed by atoms with E-state index in [0.29, 0.717) is 24.3 Å². The van der Waals surface area contributed by atoms with Crippen molar-refractivity contribution in [2.24, 2.45) is 5.92 Å². The van der Waals surface area contributed by atoms with Crippen LogP contribution in [0.4, 0.5) is 0 Å². The molecule has 7 heteroatoms. The highest BCUT2D eigenvalue weighted by Gasteiger charge is 2.30. The number of likely N-dealkylation sites (tertiary alicyclic amines) is 1. The maximum atomic E-state index is 12.9. The summed E-state index contributed by atoms with van der Waals surface area (Å²) in [7, 11) is 0. The van der Waals surface area contributed by atoms with Crippen molar-refractivity contribution >= 4 is 5.91 Å². The molecule has 0 N–H and O–H groups in total. The Balaban J connectivity index is 1.37. The van der Waals surface area contributed by atoms with Gasteiger partial charge in [-0.2, -0.15) is 0 Å². The fourth-order valence-electron chi connectivity index (χ4n) is 4.59. The molecule has 2 saturated heterocycles. The van der Waals surface area contributed by atoms with E-state index in [1.165, 1.54) is 0 Å². The highest BCUT2D eigenvalue weighted by molar-refractivity contribution is 5.77. The Morgan fingerprint density at radius 3 is 2.79 bits per heavy atom. The number of amides is 1. The molecule has 0 spiro atoms. The van der Waals surface area contributed by atoms with Gasteiger partial charge in [0.1, 0.15) is 5.76 Å². The van der Waals surface area contributed by atoms with Crippen LogP contribution in [0, 0.1) is 19.8 Å². The van der Waals surface area contributed by atoms with Gasteiger partial charge in [-0.05, 0) is 58.3 Å². The first-order valence-electron chi connectivity index (χ1n) is 10.7. The van der Waals surface area contributed by atoms with Gasteiger partial charge < -0.3 is 14.2 Å². The lowest BCUT2D eigenvalue weighted by molar-refractivity contribution is -0.133. The van der Waals surface area contributed by atoms with E-state index in [4.69, 9.17) is 14.2 Å². The van der Waals surface area contributed by atoms with E-state index < -0.39 is 0 Å². The van der Waals surface area contributed by atoms with Crippen molar-refractivity contribution < 1.29 is 14.1 Å². The van der Waals surface area contributed by atoms with Gasteiger partial charge in [0, 0.05) is 38.4 Å². The van der Waals surface area contributed by atoms with Crippen LogP contribution < -0.4 is 0 Å². The molecular formula is C22H30N4O3. The van der Waals surface area contributed by atoms with Crippen molar-refractivity contribution in [3.8, 4) is 11.3 Å². The quantitative estimate of drug-likeness (QED) is 0.741. The summed E-state index contributed by atoms with van der Waals surface area (Å²) >= 11 is 0. The van der Waals surface area contributed by atoms with Gasteiger partial charge in [0.2, 0.25) is 5.91 Å². The molecule has 1 atom stereocenters. The predicted molar refractivity (Wildman–Crippen MR) is 108 cm³/mol. The van der Waals surface area contributed by atoms with Gasteiger partial charge >= 0.3 is 0 Å². The van der Waals surface area contributed by atoms with Crippen LogP contribution in [-0.4, -0.2) is 51.7 Å². The summed E-state index contributed by atoms with van der Waals surface area (Å²) in [5.41, 5.74) is 3.51. The minimum absolute atomic E-state index is 0.312. The number of aryl methyl sites for hydroxylation is 3. The van der Waals surface area contributed by atoms with E-state index in [1.807, 2.05) is 20.0 Å². The standard InChI is InChI=1S/C22H30N4O3/c1-15-22(16(2)29-25-15)20-14-23-13-18(24-20)5-6-19-4-3-9-26(19)21(27)12-17-7-10-28-11-8-17/h13-14,17,19H,3-12H2,1-2H3. The number of carbonyl (C=O) groups excluding carboxylic acids is 1. The average molecular weight is 399 g/mol. The molecule has 0 saturated carbocycles. The van der Waals surface area contributed by atoms with E-state index in [0.717, 1.165) is 86.7 Å². The maximum absolute atomic E-state index is 12.9. The highest BCUT2D eigenvalue weighted by Crippen LogP contribution is 2.27. The van der Waals surface area contributed by atoms with Crippen LogP contribution in [0.25, 0.3) is 11.3 Å². The number of nitrogens with zero attached hydrogens (tertiary/aromatic N) is 4. The summed E-state index contributed by atoms with van der Waals surface area (Å²) in [6.07, 6.45) is 10.2. The Kier molecular flexibility index (Phi) is 6.23. The monoisotopic (exact) mass is 398 g/mol. The summed E-state index contributed by atoms with van der Waals surface area (Å²) in [6.45, 7) is 6.28. The van der Waals surface area contributed by atoms with Crippen molar-refractivity contribution in [3.05, 3.63) is 29.5 Å². The molecule has 4 heterocycles. The zero-order valence-corrected chi connectivity index (χ0v) is 17.4. The third-order valence-corrected chi connectivity index (χ3v) is 6.21. The molecule has 0 aliphatic carbocycles. The molecule has 2 fully saturated rings. The molecule has 7 nitrogen and oxygen atoms in total. The molecule has 0 radical (unpaired) electrons. The molecular weight excluding hydrogens is 368 g/mol. The first-order chi connectivity index (χ1) is 14.1. The van der Waals surface area contributed by atoms with E-state index in [9.17, 15) is 4.79 Å². The number of rotatable bonds is 6. The fourth-order valence-corrected chi connectivity index (χ4v) is 4.59. The largest absolute Gasteiger partial charge is 0.381 e. The predicted octanol–water partition coefficient (Wildman–Crippen LogP) is 3.49. The molecule has 4 rings (SSSR count). The van der Waals surface area contributed by atoms with E-state index in [2.05, 4.69) is 15.0 Å². The zero-order chi connectivity index (χ0) is 20.2. The van der Waals surface area contributed by atoms with Crippen LogP contribution in [0.3, 0.4) is 0 Å². The smallest absolute Gasteiger partial charge is 0.223 e. The van der Waals surface area contributed by atoms with Gasteiger partial charge in [0.25, 0.3) is 0 Å². The molecule has 2 aliphatic rings. The summed E-state index contributed by atoms with van der Waals surface area (Å²) in [5.74, 6) is 1.56. The van der Waals surface area contributed by atoms with Crippen LogP contribution in [0.15, 0.2) is 16.9 Å². The van der Waals surface area contributed by atoms with Crippen molar-refractivity contribution in [2.75, 3.05) is 19.8 Å². The summed E-state index contributed by atoms with van der Waals surface area (Å²) in [5, 5.41) is 4.01. The van der Waals surface area contributed by atoms with Crippen molar-refractivity contribution in [1.82, 2.24) is 20.0 Å². The highest BCUT2D eigenvalue weighted by atomic mass is 16.5. The molecule has 156 valence electrons. The van der Waals surface area contributed by atoms with Crippen LogP contribution in [0.5, 0.6) is 0 Å². The minimum atomic E-state index is 0.312. The molecule has 29 heavy (non-hydrogen) atoms. The van der Waals surface area contributed by atoms with E-state index >= 15 is 0 Å². The first-order valence-corrected chi connectivity index (χ1v) is 10.7. The van der Waals surface area contributed by atoms with Gasteiger partial charge in [-0.15, -0.1) is 0 Å². The molecule has 0 bridgehead atoms. The van der Waals surface area contributed by atoms with Gasteiger partial charge in [-0.1, -0.05) is 5.16 Å². The normalized spacial score (nSPS) is 20.3.